The maximum absolute atomic E-state index is 10.5. The molecule has 0 saturated carbocycles. The van der Waals surface area contributed by atoms with E-state index in [4.69, 9.17) is 0 Å². The zero-order valence-electron chi connectivity index (χ0n) is 8.33. The van der Waals surface area contributed by atoms with Gasteiger partial charge in [-0.3, -0.25) is 10.1 Å². The van der Waals surface area contributed by atoms with E-state index in [0.29, 0.717) is 0 Å². The maximum atomic E-state index is 10.5. The van der Waals surface area contributed by atoms with E-state index in [1.807, 2.05) is 36.4 Å². The highest BCUT2D eigenvalue weighted by atomic mass is 32.2. The van der Waals surface area contributed by atoms with E-state index in [0.717, 1.165) is 10.6 Å². The van der Waals surface area contributed by atoms with Gasteiger partial charge in [0.05, 0.1) is 4.92 Å². The van der Waals surface area contributed by atoms with Crippen LogP contribution in [0.2, 0.25) is 0 Å². The number of hydrogen-bond acceptors (Lipinski definition) is 4. The minimum atomic E-state index is -0.346. The Morgan fingerprint density at radius 3 is 2.56 bits per heavy atom. The summed E-state index contributed by atoms with van der Waals surface area (Å²) in [5.74, 6) is 0.780. The number of hydrogen-bond donors (Lipinski definition) is 0. The third-order valence-corrected chi connectivity index (χ3v) is 4.23. The summed E-state index contributed by atoms with van der Waals surface area (Å²) in [5.41, 5.74) is 0. The van der Waals surface area contributed by atoms with Crippen molar-refractivity contribution in [2.45, 2.75) is 10.6 Å². The van der Waals surface area contributed by atoms with Crippen LogP contribution in [0.4, 0.5) is 5.00 Å². The fourth-order valence-electron chi connectivity index (χ4n) is 1.21. The molecule has 0 N–H and O–H groups in total. The summed E-state index contributed by atoms with van der Waals surface area (Å²) in [7, 11) is 0. The standard InChI is InChI=1S/C11H9NO2S2/c13-12(14)11-7-6-10(16-11)8-15-9-4-2-1-3-5-9/h1-7H,8H2. The molecule has 1 aromatic carbocycles. The Hall–Kier alpha value is -1.33. The van der Waals surface area contributed by atoms with Crippen LogP contribution in [0, 0.1) is 10.1 Å². The molecule has 0 fully saturated rings. The smallest absolute Gasteiger partial charge is 0.258 e. The number of thioether (sulfide) groups is 1. The minimum Gasteiger partial charge on any atom is -0.258 e. The molecule has 1 aromatic heterocycles. The first-order valence-corrected chi connectivity index (χ1v) is 6.47. The molecule has 2 rings (SSSR count). The zero-order valence-corrected chi connectivity index (χ0v) is 9.96. The Morgan fingerprint density at radius 2 is 1.94 bits per heavy atom. The van der Waals surface area contributed by atoms with Crippen LogP contribution in [0.15, 0.2) is 47.4 Å². The van der Waals surface area contributed by atoms with Crippen molar-refractivity contribution in [1.82, 2.24) is 0 Å². The van der Waals surface area contributed by atoms with Gasteiger partial charge in [0, 0.05) is 21.6 Å². The molecule has 0 bridgehead atoms. The summed E-state index contributed by atoms with van der Waals surface area (Å²) < 4.78 is 0. The molecule has 0 spiro atoms. The summed E-state index contributed by atoms with van der Waals surface area (Å²) in [4.78, 5) is 12.4. The first-order chi connectivity index (χ1) is 7.75. The van der Waals surface area contributed by atoms with Gasteiger partial charge in [0.1, 0.15) is 0 Å². The molecule has 5 heteroatoms. The molecule has 0 unspecified atom stereocenters. The molecule has 0 aliphatic heterocycles. The summed E-state index contributed by atoms with van der Waals surface area (Å²) in [5, 5.41) is 10.7. The van der Waals surface area contributed by atoms with Crippen molar-refractivity contribution in [2.75, 3.05) is 0 Å². The van der Waals surface area contributed by atoms with E-state index in [-0.39, 0.29) is 9.92 Å². The number of thiophene rings is 1. The highest BCUT2D eigenvalue weighted by molar-refractivity contribution is 7.98. The molecule has 2 aromatic rings. The van der Waals surface area contributed by atoms with Crippen LogP contribution in [0.5, 0.6) is 0 Å². The lowest BCUT2D eigenvalue weighted by atomic mass is 10.4. The topological polar surface area (TPSA) is 43.1 Å². The molecular weight excluding hydrogens is 242 g/mol. The fourth-order valence-corrected chi connectivity index (χ4v) is 3.00. The van der Waals surface area contributed by atoms with Gasteiger partial charge in [0.25, 0.3) is 0 Å². The minimum absolute atomic E-state index is 0.212. The van der Waals surface area contributed by atoms with Gasteiger partial charge < -0.3 is 0 Å². The normalized spacial score (nSPS) is 10.2. The fraction of sp³-hybridized carbons (Fsp3) is 0.0909. The third kappa shape index (κ3) is 2.84. The molecular formula is C11H9NO2S2. The zero-order chi connectivity index (χ0) is 11.4. The molecule has 3 nitrogen and oxygen atoms in total. The van der Waals surface area contributed by atoms with E-state index < -0.39 is 0 Å². The van der Waals surface area contributed by atoms with E-state index in [1.165, 1.54) is 16.2 Å². The molecule has 0 atom stereocenters. The van der Waals surface area contributed by atoms with Crippen LogP contribution >= 0.6 is 23.1 Å². The van der Waals surface area contributed by atoms with E-state index >= 15 is 0 Å². The number of benzene rings is 1. The van der Waals surface area contributed by atoms with Crippen molar-refractivity contribution in [3.05, 3.63) is 57.5 Å². The molecule has 1 heterocycles. The maximum Gasteiger partial charge on any atom is 0.324 e. The average molecular weight is 251 g/mol. The first-order valence-electron chi connectivity index (χ1n) is 4.66. The van der Waals surface area contributed by atoms with Crippen molar-refractivity contribution in [3.63, 3.8) is 0 Å². The lowest BCUT2D eigenvalue weighted by Gasteiger charge is -1.97. The molecule has 0 aliphatic carbocycles. The predicted molar refractivity (Wildman–Crippen MR) is 67.0 cm³/mol. The Balaban J connectivity index is 1.97. The number of rotatable bonds is 4. The Morgan fingerprint density at radius 1 is 1.19 bits per heavy atom. The van der Waals surface area contributed by atoms with Gasteiger partial charge in [-0.1, -0.05) is 29.5 Å². The van der Waals surface area contributed by atoms with Crippen molar-refractivity contribution in [3.8, 4) is 0 Å². The van der Waals surface area contributed by atoms with E-state index in [1.54, 1.807) is 17.8 Å². The largest absolute Gasteiger partial charge is 0.324 e. The van der Waals surface area contributed by atoms with Crippen molar-refractivity contribution in [1.29, 1.82) is 0 Å². The van der Waals surface area contributed by atoms with Gasteiger partial charge in [-0.25, -0.2) is 0 Å². The van der Waals surface area contributed by atoms with Crippen LogP contribution < -0.4 is 0 Å². The van der Waals surface area contributed by atoms with Crippen molar-refractivity contribution >= 4 is 28.1 Å². The van der Waals surface area contributed by atoms with Crippen LogP contribution in [0.25, 0.3) is 0 Å². The Kier molecular flexibility index (Phi) is 3.58. The van der Waals surface area contributed by atoms with Gasteiger partial charge >= 0.3 is 5.00 Å². The van der Waals surface area contributed by atoms with Gasteiger partial charge in [0.15, 0.2) is 0 Å². The second-order valence-electron chi connectivity index (χ2n) is 3.10. The second kappa shape index (κ2) is 5.14. The quantitative estimate of drug-likeness (QED) is 0.469. The van der Waals surface area contributed by atoms with Crippen molar-refractivity contribution < 1.29 is 4.92 Å². The van der Waals surface area contributed by atoms with Crippen LogP contribution in [0.1, 0.15) is 4.88 Å². The summed E-state index contributed by atoms with van der Waals surface area (Å²) in [6.07, 6.45) is 0. The molecule has 0 aliphatic rings. The van der Waals surface area contributed by atoms with Gasteiger partial charge in [-0.2, -0.15) is 0 Å². The molecule has 0 saturated heterocycles. The summed E-state index contributed by atoms with van der Waals surface area (Å²) >= 11 is 2.93. The van der Waals surface area contributed by atoms with Crippen molar-refractivity contribution in [2.24, 2.45) is 0 Å². The third-order valence-electron chi connectivity index (χ3n) is 1.95. The average Bonchev–Trinajstić information content (AvgIpc) is 2.76. The highest BCUT2D eigenvalue weighted by Gasteiger charge is 2.09. The highest BCUT2D eigenvalue weighted by Crippen LogP contribution is 2.29. The summed E-state index contributed by atoms with van der Waals surface area (Å²) in [6.45, 7) is 0. The van der Waals surface area contributed by atoms with Gasteiger partial charge in [0.2, 0.25) is 0 Å². The van der Waals surface area contributed by atoms with Crippen LogP contribution in [-0.2, 0) is 5.75 Å². The molecule has 82 valence electrons. The van der Waals surface area contributed by atoms with Gasteiger partial charge in [-0.05, 0) is 18.2 Å². The number of nitrogens with zero attached hydrogens (tertiary/aromatic N) is 1. The first kappa shape index (κ1) is 11.2. The summed E-state index contributed by atoms with van der Waals surface area (Å²) in [6, 6.07) is 13.4. The van der Waals surface area contributed by atoms with Crippen LogP contribution in [-0.4, -0.2) is 4.92 Å². The SMILES string of the molecule is O=[N+]([O-])c1ccc(CSc2ccccc2)s1. The molecule has 0 radical (unpaired) electrons. The monoisotopic (exact) mass is 251 g/mol. The Labute approximate surface area is 101 Å². The van der Waals surface area contributed by atoms with E-state index in [2.05, 4.69) is 0 Å². The lowest BCUT2D eigenvalue weighted by molar-refractivity contribution is -0.380. The number of nitro groups is 1. The van der Waals surface area contributed by atoms with E-state index in [9.17, 15) is 10.1 Å². The Bertz CT molecular complexity index is 482. The van der Waals surface area contributed by atoms with Crippen LogP contribution in [0.3, 0.4) is 0 Å². The second-order valence-corrected chi connectivity index (χ2v) is 5.29. The molecule has 0 amide bonds. The van der Waals surface area contributed by atoms with Gasteiger partial charge in [-0.15, -0.1) is 11.8 Å². The lowest BCUT2D eigenvalue weighted by Crippen LogP contribution is -1.80. The predicted octanol–water partition coefficient (Wildman–Crippen LogP) is 3.95. The molecule has 16 heavy (non-hydrogen) atoms.